The molecule has 7 heteroatoms. The van der Waals surface area contributed by atoms with Crippen molar-refractivity contribution < 1.29 is 14.0 Å². The van der Waals surface area contributed by atoms with Gasteiger partial charge in [0, 0.05) is 50.6 Å². The molecule has 0 aliphatic carbocycles. The number of nitrogens with zero attached hydrogens (tertiary/aromatic N) is 2. The summed E-state index contributed by atoms with van der Waals surface area (Å²) in [6.45, 7) is 8.67. The van der Waals surface area contributed by atoms with Crippen LogP contribution in [0.25, 0.3) is 0 Å². The lowest BCUT2D eigenvalue weighted by Gasteiger charge is -2.36. The maximum absolute atomic E-state index is 13.1. The number of piperazine rings is 1. The molecule has 160 valence electrons. The Bertz CT molecular complexity index is 845. The van der Waals surface area contributed by atoms with Crippen molar-refractivity contribution in [3.8, 4) is 0 Å². The van der Waals surface area contributed by atoms with E-state index in [1.165, 1.54) is 17.7 Å². The molecule has 0 atom stereocenters. The quantitative estimate of drug-likeness (QED) is 0.717. The van der Waals surface area contributed by atoms with Crippen molar-refractivity contribution in [2.24, 2.45) is 0 Å². The second-order valence-electron chi connectivity index (χ2n) is 7.79. The van der Waals surface area contributed by atoms with Gasteiger partial charge in [0.2, 0.25) is 0 Å². The van der Waals surface area contributed by atoms with E-state index in [0.717, 1.165) is 31.9 Å². The molecular weight excluding hydrogens is 383 g/mol. The Morgan fingerprint density at radius 3 is 2.17 bits per heavy atom. The second kappa shape index (κ2) is 10.2. The Morgan fingerprint density at radius 1 is 0.933 bits per heavy atom. The number of anilines is 2. The number of rotatable bonds is 6. The zero-order valence-electron chi connectivity index (χ0n) is 17.5. The highest BCUT2D eigenvalue weighted by Crippen LogP contribution is 2.18. The van der Waals surface area contributed by atoms with Gasteiger partial charge in [-0.1, -0.05) is 26.0 Å². The van der Waals surface area contributed by atoms with Gasteiger partial charge in [-0.2, -0.15) is 0 Å². The van der Waals surface area contributed by atoms with Gasteiger partial charge in [0.05, 0.1) is 0 Å². The van der Waals surface area contributed by atoms with Crippen LogP contribution in [0.4, 0.5) is 15.8 Å². The summed E-state index contributed by atoms with van der Waals surface area (Å²) in [5, 5.41) is 5.31. The van der Waals surface area contributed by atoms with Gasteiger partial charge in [-0.25, -0.2) is 4.39 Å². The average Bonchev–Trinajstić information content (AvgIpc) is 2.75. The molecule has 1 fully saturated rings. The normalized spacial score (nSPS) is 14.6. The molecule has 1 aliphatic heterocycles. The first-order valence-electron chi connectivity index (χ1n) is 10.3. The first kappa shape index (κ1) is 21.8. The summed E-state index contributed by atoms with van der Waals surface area (Å²) in [5.74, 6) is -1.11. The van der Waals surface area contributed by atoms with Gasteiger partial charge >= 0.3 is 11.8 Å². The molecule has 0 aromatic heterocycles. The van der Waals surface area contributed by atoms with Crippen LogP contribution in [-0.4, -0.2) is 56.0 Å². The lowest BCUT2D eigenvalue weighted by atomic mass is 10.0. The summed E-state index contributed by atoms with van der Waals surface area (Å²) in [6, 6.07) is 14.0. The molecule has 0 unspecified atom stereocenters. The van der Waals surface area contributed by atoms with Crippen LogP contribution < -0.4 is 15.5 Å². The Kier molecular flexibility index (Phi) is 7.41. The number of halogens is 1. The second-order valence-corrected chi connectivity index (χ2v) is 7.79. The van der Waals surface area contributed by atoms with Crippen molar-refractivity contribution in [3.63, 3.8) is 0 Å². The fraction of sp³-hybridized carbons (Fsp3) is 0.391. The van der Waals surface area contributed by atoms with E-state index >= 15 is 0 Å². The minimum absolute atomic E-state index is 0.232. The lowest BCUT2D eigenvalue weighted by molar-refractivity contribution is -0.136. The molecule has 3 rings (SSSR count). The summed E-state index contributed by atoms with van der Waals surface area (Å²) in [4.78, 5) is 28.6. The Balaban J connectivity index is 1.36. The van der Waals surface area contributed by atoms with Crippen LogP contribution >= 0.6 is 0 Å². The van der Waals surface area contributed by atoms with Crippen LogP contribution in [-0.2, 0) is 9.59 Å². The topological polar surface area (TPSA) is 64.7 Å². The summed E-state index contributed by atoms with van der Waals surface area (Å²) in [7, 11) is 0. The third-order valence-electron chi connectivity index (χ3n) is 5.32. The van der Waals surface area contributed by atoms with Crippen molar-refractivity contribution in [1.29, 1.82) is 0 Å². The largest absolute Gasteiger partial charge is 0.369 e. The van der Waals surface area contributed by atoms with Crippen LogP contribution in [0.2, 0.25) is 0 Å². The number of carbonyl (C=O) groups excluding carboxylic acids is 2. The SMILES string of the molecule is CC(C)c1ccc(NC(=O)C(=O)NCCN2CCN(c3ccc(F)cc3)CC2)cc1. The molecule has 0 saturated carbocycles. The highest BCUT2D eigenvalue weighted by atomic mass is 19.1. The predicted molar refractivity (Wildman–Crippen MR) is 117 cm³/mol. The summed E-state index contributed by atoms with van der Waals surface area (Å²) in [5.41, 5.74) is 2.80. The third-order valence-corrected chi connectivity index (χ3v) is 5.32. The van der Waals surface area contributed by atoms with E-state index in [4.69, 9.17) is 0 Å². The molecule has 1 heterocycles. The molecule has 1 aliphatic rings. The minimum atomic E-state index is -0.659. The number of nitrogens with one attached hydrogen (secondary N) is 2. The van der Waals surface area contributed by atoms with Crippen LogP contribution in [0, 0.1) is 5.82 Å². The molecule has 2 aromatic carbocycles. The number of hydrogen-bond donors (Lipinski definition) is 2. The highest BCUT2D eigenvalue weighted by Gasteiger charge is 2.18. The summed E-state index contributed by atoms with van der Waals surface area (Å²) >= 11 is 0. The van der Waals surface area contributed by atoms with Gasteiger partial charge in [-0.15, -0.1) is 0 Å². The van der Waals surface area contributed by atoms with Crippen molar-refractivity contribution >= 4 is 23.2 Å². The van der Waals surface area contributed by atoms with Gasteiger partial charge < -0.3 is 15.5 Å². The Labute approximate surface area is 177 Å². The monoisotopic (exact) mass is 412 g/mol. The average molecular weight is 413 g/mol. The van der Waals surface area contributed by atoms with E-state index in [9.17, 15) is 14.0 Å². The van der Waals surface area contributed by atoms with Crippen LogP contribution in [0.15, 0.2) is 48.5 Å². The standard InChI is InChI=1S/C23H29FN4O2/c1-17(2)18-3-7-20(8-4-18)26-23(30)22(29)25-11-12-27-13-15-28(16-14-27)21-9-5-19(24)6-10-21/h3-10,17H,11-16H2,1-2H3,(H,25,29)(H,26,30). The molecule has 30 heavy (non-hydrogen) atoms. The molecular formula is C23H29FN4O2. The molecule has 2 N–H and O–H groups in total. The minimum Gasteiger partial charge on any atom is -0.369 e. The number of benzene rings is 2. The van der Waals surface area contributed by atoms with Gasteiger partial charge in [-0.05, 0) is 47.9 Å². The third kappa shape index (κ3) is 6.03. The van der Waals surface area contributed by atoms with Crippen molar-refractivity contribution in [3.05, 3.63) is 59.9 Å². The van der Waals surface area contributed by atoms with Crippen LogP contribution in [0.3, 0.4) is 0 Å². The first-order valence-corrected chi connectivity index (χ1v) is 10.3. The number of amides is 2. The summed E-state index contributed by atoms with van der Waals surface area (Å²) < 4.78 is 13.1. The van der Waals surface area contributed by atoms with Crippen molar-refractivity contribution in [2.45, 2.75) is 19.8 Å². The van der Waals surface area contributed by atoms with Gasteiger partial charge in [0.1, 0.15) is 5.82 Å². The van der Waals surface area contributed by atoms with E-state index in [1.807, 2.05) is 12.1 Å². The zero-order chi connectivity index (χ0) is 21.5. The maximum Gasteiger partial charge on any atom is 0.313 e. The smallest absolute Gasteiger partial charge is 0.313 e. The van der Waals surface area contributed by atoms with Crippen LogP contribution in [0.1, 0.15) is 25.3 Å². The van der Waals surface area contributed by atoms with Crippen molar-refractivity contribution in [2.75, 3.05) is 49.5 Å². The number of carbonyl (C=O) groups is 2. The van der Waals surface area contributed by atoms with Crippen LogP contribution in [0.5, 0.6) is 0 Å². The van der Waals surface area contributed by atoms with E-state index in [2.05, 4.69) is 34.3 Å². The van der Waals surface area contributed by atoms with E-state index in [-0.39, 0.29) is 5.82 Å². The fourth-order valence-electron chi connectivity index (χ4n) is 3.43. The predicted octanol–water partition coefficient (Wildman–Crippen LogP) is 2.83. The highest BCUT2D eigenvalue weighted by molar-refractivity contribution is 6.39. The van der Waals surface area contributed by atoms with E-state index in [0.29, 0.717) is 24.7 Å². The van der Waals surface area contributed by atoms with Gasteiger partial charge in [0.25, 0.3) is 0 Å². The Morgan fingerprint density at radius 2 is 1.57 bits per heavy atom. The molecule has 2 amide bonds. The molecule has 6 nitrogen and oxygen atoms in total. The molecule has 1 saturated heterocycles. The van der Waals surface area contributed by atoms with Gasteiger partial charge in [-0.3, -0.25) is 14.5 Å². The molecule has 0 bridgehead atoms. The van der Waals surface area contributed by atoms with E-state index < -0.39 is 11.8 Å². The lowest BCUT2D eigenvalue weighted by Crippen LogP contribution is -2.49. The van der Waals surface area contributed by atoms with Crippen molar-refractivity contribution in [1.82, 2.24) is 10.2 Å². The summed E-state index contributed by atoms with van der Waals surface area (Å²) in [6.07, 6.45) is 0. The fourth-order valence-corrected chi connectivity index (χ4v) is 3.43. The van der Waals surface area contributed by atoms with E-state index in [1.54, 1.807) is 24.3 Å². The Hall–Kier alpha value is -2.93. The number of hydrogen-bond acceptors (Lipinski definition) is 4. The molecule has 0 spiro atoms. The first-order chi connectivity index (χ1) is 14.4. The zero-order valence-corrected chi connectivity index (χ0v) is 17.5. The molecule has 0 radical (unpaired) electrons. The maximum atomic E-state index is 13.1. The molecule has 2 aromatic rings. The van der Waals surface area contributed by atoms with Gasteiger partial charge in [0.15, 0.2) is 0 Å².